The summed E-state index contributed by atoms with van der Waals surface area (Å²) in [6.45, 7) is 0.670. The van der Waals surface area contributed by atoms with Gasteiger partial charge in [-0.1, -0.05) is 23.2 Å². The van der Waals surface area contributed by atoms with Crippen molar-refractivity contribution in [1.82, 2.24) is 4.98 Å². The standard InChI is InChI=1S/C14H9BrCl2N2O5/c16-9-5-8(6-10(17)13(9)24-15(21)22)14(20)19-3-4-23-12-1-2-18-7-11(12)19/h1-2,5-7H,3-4H2. The molecule has 126 valence electrons. The molecule has 0 aliphatic carbocycles. The number of hydrogen-bond acceptors (Lipinski definition) is 6. The van der Waals surface area contributed by atoms with Crippen molar-refractivity contribution < 1.29 is 36.6 Å². The molecule has 2 heterocycles. The van der Waals surface area contributed by atoms with Gasteiger partial charge in [-0.05, 0) is 12.1 Å². The van der Waals surface area contributed by atoms with Crippen LogP contribution in [0, 0.1) is 14.8 Å². The maximum absolute atomic E-state index is 12.8. The number of halogens is 3. The van der Waals surface area contributed by atoms with Crippen molar-refractivity contribution in [3.8, 4) is 11.5 Å². The summed E-state index contributed by atoms with van der Waals surface area (Å²) in [6, 6.07) is 4.28. The molecule has 1 amide bonds. The van der Waals surface area contributed by atoms with Crippen LogP contribution in [-0.4, -0.2) is 24.0 Å². The molecule has 0 saturated heterocycles. The van der Waals surface area contributed by atoms with Crippen molar-refractivity contribution >= 4 is 34.8 Å². The molecule has 0 spiro atoms. The number of carbonyl (C=O) groups is 1. The number of benzene rings is 1. The third kappa shape index (κ3) is 3.42. The van der Waals surface area contributed by atoms with Gasteiger partial charge in [0.05, 0.1) is 22.8 Å². The predicted octanol–water partition coefficient (Wildman–Crippen LogP) is 0.893. The zero-order valence-electron chi connectivity index (χ0n) is 11.9. The van der Waals surface area contributed by atoms with Gasteiger partial charge in [-0.2, -0.15) is 0 Å². The summed E-state index contributed by atoms with van der Waals surface area (Å²) in [5.41, 5.74) is 0.728. The number of fused-ring (bicyclic) bond motifs is 1. The van der Waals surface area contributed by atoms with Crippen LogP contribution >= 0.6 is 23.2 Å². The molecule has 1 aromatic carbocycles. The number of anilines is 1. The quantitative estimate of drug-likeness (QED) is 0.710. The zero-order valence-corrected chi connectivity index (χ0v) is 15.0. The second-order valence-corrected chi connectivity index (χ2v) is 6.61. The smallest absolute Gasteiger partial charge is 0.489 e. The first-order valence-corrected chi connectivity index (χ1v) is 9.29. The van der Waals surface area contributed by atoms with E-state index in [-0.39, 0.29) is 27.3 Å². The van der Waals surface area contributed by atoms with Gasteiger partial charge in [-0.15, -0.1) is 3.83 Å². The van der Waals surface area contributed by atoms with Crippen LogP contribution in [-0.2, 0) is 0 Å². The first kappa shape index (κ1) is 17.2. The second kappa shape index (κ2) is 7.12. The second-order valence-electron chi connectivity index (χ2n) is 4.68. The summed E-state index contributed by atoms with van der Waals surface area (Å²) in [6.07, 6.45) is 3.09. The summed E-state index contributed by atoms with van der Waals surface area (Å²) in [7, 11) is 0. The van der Waals surface area contributed by atoms with Crippen molar-refractivity contribution in [1.29, 1.82) is 0 Å². The first-order chi connectivity index (χ1) is 11.5. The SMILES string of the molecule is O=C(c1cc(Cl)c(O[Br+2]([O-])[O-])c(Cl)c1)N1CCOc2ccncc21. The van der Waals surface area contributed by atoms with Crippen molar-refractivity contribution in [3.05, 3.63) is 46.2 Å². The maximum Gasteiger partial charge on any atom is 0.501 e. The fourth-order valence-electron chi connectivity index (χ4n) is 2.25. The molecule has 10 heteroatoms. The normalized spacial score (nSPS) is 13.5. The van der Waals surface area contributed by atoms with Gasteiger partial charge in [-0.3, -0.25) is 9.78 Å². The Kier molecular flexibility index (Phi) is 5.12. The lowest BCUT2D eigenvalue weighted by molar-refractivity contribution is -1.62. The minimum atomic E-state index is -3.53. The van der Waals surface area contributed by atoms with E-state index < -0.39 is 14.8 Å². The van der Waals surface area contributed by atoms with Gasteiger partial charge in [-0.25, -0.2) is 0 Å². The van der Waals surface area contributed by atoms with E-state index in [1.165, 1.54) is 23.2 Å². The average molecular weight is 436 g/mol. The lowest BCUT2D eigenvalue weighted by Gasteiger charge is -2.29. The molecular formula is C14H9BrCl2N2O5. The maximum atomic E-state index is 12.8. The molecule has 0 bridgehead atoms. The molecule has 3 rings (SSSR count). The number of amides is 1. The van der Waals surface area contributed by atoms with Crippen molar-refractivity contribution in [3.63, 3.8) is 0 Å². The minimum absolute atomic E-state index is 0.0691. The van der Waals surface area contributed by atoms with Gasteiger partial charge in [0, 0.05) is 17.8 Å². The number of nitrogens with zero attached hydrogens (tertiary/aromatic N) is 2. The van der Waals surface area contributed by atoms with Crippen LogP contribution in [0.3, 0.4) is 0 Å². The van der Waals surface area contributed by atoms with Gasteiger partial charge in [0.1, 0.15) is 18.0 Å². The number of rotatable bonds is 3. The van der Waals surface area contributed by atoms with E-state index in [0.29, 0.717) is 24.6 Å². The van der Waals surface area contributed by atoms with Crippen LogP contribution in [0.4, 0.5) is 5.69 Å². The number of hydrogen-bond donors (Lipinski definition) is 0. The van der Waals surface area contributed by atoms with Crippen molar-refractivity contribution in [2.45, 2.75) is 0 Å². The molecule has 1 aliphatic rings. The fraction of sp³-hybridized carbons (Fsp3) is 0.143. The van der Waals surface area contributed by atoms with E-state index >= 15 is 0 Å². The van der Waals surface area contributed by atoms with Gasteiger partial charge >= 0.3 is 14.8 Å². The van der Waals surface area contributed by atoms with E-state index in [0.717, 1.165) is 0 Å². The summed E-state index contributed by atoms with van der Waals surface area (Å²) < 4.78 is 31.5. The van der Waals surface area contributed by atoms with Crippen molar-refractivity contribution in [2.24, 2.45) is 0 Å². The first-order valence-electron chi connectivity index (χ1n) is 6.59. The Morgan fingerprint density at radius 3 is 2.71 bits per heavy atom. The number of carbonyl (C=O) groups excluding carboxylic acids is 1. The summed E-state index contributed by atoms with van der Waals surface area (Å²) in [4.78, 5) is 18.3. The number of aromatic nitrogens is 1. The molecule has 0 radical (unpaired) electrons. The van der Waals surface area contributed by atoms with Gasteiger partial charge < -0.3 is 18.0 Å². The van der Waals surface area contributed by atoms with Crippen molar-refractivity contribution in [2.75, 3.05) is 18.1 Å². The summed E-state index contributed by atoms with van der Waals surface area (Å²) >= 11 is 8.43. The molecule has 2 aromatic rings. The highest BCUT2D eigenvalue weighted by Gasteiger charge is 2.28. The fourth-order valence-corrected chi connectivity index (χ4v) is 3.62. The Balaban J connectivity index is 1.94. The molecule has 1 aliphatic heterocycles. The Morgan fingerprint density at radius 1 is 1.33 bits per heavy atom. The highest BCUT2D eigenvalue weighted by atomic mass is 80.0. The lowest BCUT2D eigenvalue weighted by atomic mass is 10.1. The van der Waals surface area contributed by atoms with E-state index in [1.807, 2.05) is 0 Å². The lowest BCUT2D eigenvalue weighted by Crippen LogP contribution is -2.38. The highest BCUT2D eigenvalue weighted by molar-refractivity contribution is 6.37. The van der Waals surface area contributed by atoms with Crippen LogP contribution in [0.1, 0.15) is 10.4 Å². The molecular weight excluding hydrogens is 427 g/mol. The van der Waals surface area contributed by atoms with Crippen LogP contribution in [0.25, 0.3) is 0 Å². The van der Waals surface area contributed by atoms with Gasteiger partial charge in [0.15, 0.2) is 0 Å². The van der Waals surface area contributed by atoms with E-state index in [4.69, 9.17) is 27.9 Å². The van der Waals surface area contributed by atoms with E-state index in [1.54, 1.807) is 12.3 Å². The largest absolute Gasteiger partial charge is 0.501 e. The summed E-state index contributed by atoms with van der Waals surface area (Å²) in [5, 5.41) is -0.138. The summed E-state index contributed by atoms with van der Waals surface area (Å²) in [5.74, 6) is -0.0105. The molecule has 0 saturated carbocycles. The topological polar surface area (TPSA) is 97.8 Å². The van der Waals surface area contributed by atoms with E-state index in [2.05, 4.69) is 8.81 Å². The third-order valence-electron chi connectivity index (χ3n) is 3.26. The van der Waals surface area contributed by atoms with Crippen LogP contribution in [0.2, 0.25) is 10.0 Å². The molecule has 0 atom stereocenters. The minimum Gasteiger partial charge on any atom is -0.489 e. The Labute approximate surface area is 152 Å². The molecule has 1 aromatic heterocycles. The molecule has 0 fully saturated rings. The zero-order chi connectivity index (χ0) is 17.3. The Morgan fingerprint density at radius 2 is 2.04 bits per heavy atom. The number of pyridine rings is 1. The van der Waals surface area contributed by atoms with Crippen LogP contribution in [0.5, 0.6) is 11.5 Å². The highest BCUT2D eigenvalue weighted by Crippen LogP contribution is 2.36. The van der Waals surface area contributed by atoms with E-state index in [9.17, 15) is 13.2 Å². The number of ether oxygens (including phenoxy) is 1. The molecule has 0 N–H and O–H groups in total. The third-order valence-corrected chi connectivity index (χ3v) is 4.40. The van der Waals surface area contributed by atoms with Gasteiger partial charge in [0.25, 0.3) is 11.7 Å². The van der Waals surface area contributed by atoms with Crippen LogP contribution < -0.4 is 21.9 Å². The molecule has 24 heavy (non-hydrogen) atoms. The monoisotopic (exact) mass is 434 g/mol. The van der Waals surface area contributed by atoms with Gasteiger partial charge in [0.2, 0.25) is 0 Å². The molecule has 7 nitrogen and oxygen atoms in total. The Hall–Kier alpha value is -1.58. The molecule has 0 unspecified atom stereocenters. The predicted molar refractivity (Wildman–Crippen MR) is 78.5 cm³/mol. The average Bonchev–Trinajstić information content (AvgIpc) is 2.56. The van der Waals surface area contributed by atoms with Crippen LogP contribution in [0.15, 0.2) is 30.6 Å². The Bertz CT molecular complexity index is 767.